The van der Waals surface area contributed by atoms with Gasteiger partial charge in [-0.2, -0.15) is 26.3 Å². The van der Waals surface area contributed by atoms with Crippen molar-refractivity contribution in [2.45, 2.75) is 12.4 Å². The Hall–Kier alpha value is -3.14. The Bertz CT molecular complexity index is 1680. The van der Waals surface area contributed by atoms with Crippen LogP contribution in [-0.2, 0) is 12.4 Å². The number of anilines is 2. The Morgan fingerprint density at radius 1 is 0.730 bits per heavy atom. The first kappa shape index (κ1) is 25.5. The van der Waals surface area contributed by atoms with Gasteiger partial charge in [0.1, 0.15) is 11.5 Å². The molecule has 2 heterocycles. The lowest BCUT2D eigenvalue weighted by Crippen LogP contribution is -2.19. The Morgan fingerprint density at radius 2 is 1.38 bits per heavy atom. The van der Waals surface area contributed by atoms with Crippen molar-refractivity contribution >= 4 is 68.1 Å². The van der Waals surface area contributed by atoms with Gasteiger partial charge in [-0.3, -0.25) is 0 Å². The van der Waals surface area contributed by atoms with Gasteiger partial charge in [-0.25, -0.2) is 4.98 Å². The number of benzene rings is 3. The summed E-state index contributed by atoms with van der Waals surface area (Å²) >= 11 is 18.4. The Balaban J connectivity index is 2.06. The molecule has 0 aliphatic rings. The number of hydrogen-bond acceptors (Lipinski definition) is 2. The van der Waals surface area contributed by atoms with Crippen LogP contribution in [0.3, 0.4) is 0 Å². The smallest absolute Gasteiger partial charge is 0.340 e. The lowest BCUT2D eigenvalue weighted by molar-refractivity contribution is -0.164. The van der Waals surface area contributed by atoms with E-state index >= 15 is 0 Å². The van der Waals surface area contributed by atoms with E-state index in [1.165, 1.54) is 60.7 Å². The molecule has 0 bridgehead atoms. The normalized spacial score (nSPS) is 12.5. The number of nitrogens with one attached hydrogen (secondary N) is 1. The fraction of sp³-hybridized carbons (Fsp3) is 0.0800. The molecule has 0 amide bonds. The molecule has 0 atom stereocenters. The molecule has 5 aromatic rings. The molecular weight excluding hydrogens is 563 g/mol. The minimum Gasteiger partial charge on any atom is -0.340 e. The van der Waals surface area contributed by atoms with E-state index in [9.17, 15) is 26.3 Å². The van der Waals surface area contributed by atoms with E-state index in [2.05, 4.69) is 10.3 Å². The zero-order valence-corrected chi connectivity index (χ0v) is 20.4. The number of pyridine rings is 1. The fourth-order valence-electron chi connectivity index (χ4n) is 4.27. The summed E-state index contributed by atoms with van der Waals surface area (Å²) in [4.78, 5) is 4.27. The van der Waals surface area contributed by atoms with Crippen molar-refractivity contribution in [1.82, 2.24) is 9.55 Å². The van der Waals surface area contributed by atoms with Gasteiger partial charge in [-0.15, -0.1) is 0 Å². The number of rotatable bonds is 3. The third-order valence-corrected chi connectivity index (χ3v) is 6.36. The zero-order valence-electron chi connectivity index (χ0n) is 18.1. The standard InChI is InChI=1S/C25H12Cl3F6N3/c26-12-4-1-6-14(10-12)35-23-19-20(24(29,30)31)22(25(32,33)34)37(15-7-2-5-13(27)11-15)21(19)18-16(28)8-3-9-17(18)36-23/h1-11H,(H,35,36). The van der Waals surface area contributed by atoms with Gasteiger partial charge in [0.15, 0.2) is 0 Å². The average Bonchev–Trinajstić information content (AvgIpc) is 3.17. The van der Waals surface area contributed by atoms with E-state index in [0.717, 1.165) is 6.07 Å². The number of hydrogen-bond donors (Lipinski definition) is 1. The summed E-state index contributed by atoms with van der Waals surface area (Å²) in [5.74, 6) is -0.453. The monoisotopic (exact) mass is 573 g/mol. The van der Waals surface area contributed by atoms with Crippen molar-refractivity contribution in [2.24, 2.45) is 0 Å². The first-order valence-electron chi connectivity index (χ1n) is 10.5. The van der Waals surface area contributed by atoms with Crippen molar-refractivity contribution in [3.63, 3.8) is 0 Å². The van der Waals surface area contributed by atoms with E-state index in [1.54, 1.807) is 0 Å². The van der Waals surface area contributed by atoms with Crippen LogP contribution in [0, 0.1) is 0 Å². The van der Waals surface area contributed by atoms with Crippen LogP contribution in [0.5, 0.6) is 0 Å². The Morgan fingerprint density at radius 3 is 2.00 bits per heavy atom. The van der Waals surface area contributed by atoms with E-state index in [-0.39, 0.29) is 37.3 Å². The summed E-state index contributed by atoms with van der Waals surface area (Å²) in [6.07, 6.45) is -10.8. The van der Waals surface area contributed by atoms with Crippen LogP contribution in [-0.4, -0.2) is 9.55 Å². The number of fused-ring (bicyclic) bond motifs is 3. The fourth-order valence-corrected chi connectivity index (χ4v) is 4.90. The summed E-state index contributed by atoms with van der Waals surface area (Å²) in [6.45, 7) is 0. The van der Waals surface area contributed by atoms with Crippen LogP contribution < -0.4 is 5.32 Å². The maximum absolute atomic E-state index is 14.6. The van der Waals surface area contributed by atoms with Gasteiger partial charge in [0.25, 0.3) is 0 Å². The van der Waals surface area contributed by atoms with Crippen molar-refractivity contribution < 1.29 is 26.3 Å². The SMILES string of the molecule is FC(F)(F)c1c(C(F)(F)F)n(-c2cccc(Cl)c2)c2c1c(Nc1cccc(Cl)c1)nc1cccc(Cl)c12. The van der Waals surface area contributed by atoms with Crippen LogP contribution in [0.1, 0.15) is 11.3 Å². The largest absolute Gasteiger partial charge is 0.432 e. The zero-order chi connectivity index (χ0) is 26.7. The van der Waals surface area contributed by atoms with Crippen LogP contribution in [0.4, 0.5) is 37.8 Å². The minimum absolute atomic E-state index is 0.0303. The molecule has 190 valence electrons. The van der Waals surface area contributed by atoms with Gasteiger partial charge >= 0.3 is 12.4 Å². The first-order valence-corrected chi connectivity index (χ1v) is 11.6. The number of nitrogens with zero attached hydrogens (tertiary/aromatic N) is 2. The van der Waals surface area contributed by atoms with E-state index in [1.807, 2.05) is 0 Å². The predicted molar refractivity (Wildman–Crippen MR) is 133 cm³/mol. The average molecular weight is 575 g/mol. The third kappa shape index (κ3) is 4.56. The molecule has 5 rings (SSSR count). The molecule has 2 aromatic heterocycles. The summed E-state index contributed by atoms with van der Waals surface area (Å²) in [7, 11) is 0. The van der Waals surface area contributed by atoms with Gasteiger partial charge in [0.2, 0.25) is 0 Å². The molecule has 12 heteroatoms. The van der Waals surface area contributed by atoms with Crippen molar-refractivity contribution in [1.29, 1.82) is 0 Å². The van der Waals surface area contributed by atoms with Gasteiger partial charge in [-0.1, -0.05) is 53.0 Å². The molecule has 0 aliphatic heterocycles. The number of halogens is 9. The highest BCUT2D eigenvalue weighted by molar-refractivity contribution is 6.38. The third-order valence-electron chi connectivity index (χ3n) is 5.57. The molecule has 0 radical (unpaired) electrons. The van der Waals surface area contributed by atoms with Gasteiger partial charge in [0, 0.05) is 26.8 Å². The number of aromatic nitrogens is 2. The van der Waals surface area contributed by atoms with E-state index in [0.29, 0.717) is 4.57 Å². The maximum Gasteiger partial charge on any atom is 0.432 e. The minimum atomic E-state index is -5.42. The quantitative estimate of drug-likeness (QED) is 0.217. The topological polar surface area (TPSA) is 29.9 Å². The van der Waals surface area contributed by atoms with Crippen LogP contribution in [0.25, 0.3) is 27.5 Å². The Labute approximate surface area is 220 Å². The first-order chi connectivity index (χ1) is 17.4. The van der Waals surface area contributed by atoms with Crippen LogP contribution in [0.2, 0.25) is 15.1 Å². The highest BCUT2D eigenvalue weighted by atomic mass is 35.5. The number of alkyl halides is 6. The molecule has 1 N–H and O–H groups in total. The predicted octanol–water partition coefficient (Wildman–Crippen LogP) is 9.92. The summed E-state index contributed by atoms with van der Waals surface area (Å²) in [6, 6.07) is 15.4. The van der Waals surface area contributed by atoms with Gasteiger partial charge < -0.3 is 9.88 Å². The van der Waals surface area contributed by atoms with Gasteiger partial charge in [0.05, 0.1) is 27.0 Å². The maximum atomic E-state index is 14.6. The van der Waals surface area contributed by atoms with E-state index in [4.69, 9.17) is 34.8 Å². The second-order valence-corrected chi connectivity index (χ2v) is 9.27. The van der Waals surface area contributed by atoms with Crippen molar-refractivity contribution in [2.75, 3.05) is 5.32 Å². The molecule has 0 saturated heterocycles. The van der Waals surface area contributed by atoms with Gasteiger partial charge in [-0.05, 0) is 48.5 Å². The highest BCUT2D eigenvalue weighted by Gasteiger charge is 2.50. The van der Waals surface area contributed by atoms with E-state index < -0.39 is 40.3 Å². The molecule has 0 spiro atoms. The van der Waals surface area contributed by atoms with Crippen molar-refractivity contribution in [3.05, 3.63) is 93.1 Å². The molecular formula is C25H12Cl3F6N3. The van der Waals surface area contributed by atoms with Crippen molar-refractivity contribution in [3.8, 4) is 5.69 Å². The summed E-state index contributed by atoms with van der Waals surface area (Å²) in [5, 5.41) is 2.04. The highest BCUT2D eigenvalue weighted by Crippen LogP contribution is 2.51. The molecule has 3 nitrogen and oxygen atoms in total. The van der Waals surface area contributed by atoms with Crippen LogP contribution in [0.15, 0.2) is 66.7 Å². The molecule has 0 aliphatic carbocycles. The second kappa shape index (κ2) is 9.01. The molecule has 3 aromatic carbocycles. The molecule has 37 heavy (non-hydrogen) atoms. The van der Waals surface area contributed by atoms with Crippen LogP contribution >= 0.6 is 34.8 Å². The second-order valence-electron chi connectivity index (χ2n) is 7.99. The lowest BCUT2D eigenvalue weighted by atomic mass is 10.1. The molecule has 0 saturated carbocycles. The summed E-state index contributed by atoms with van der Waals surface area (Å²) in [5.41, 5.74) is -4.20. The lowest BCUT2D eigenvalue weighted by Gasteiger charge is -2.16. The molecule has 0 fully saturated rings. The molecule has 0 unspecified atom stereocenters. The Kier molecular flexibility index (Phi) is 6.21. The summed E-state index contributed by atoms with van der Waals surface area (Å²) < 4.78 is 87.7.